The van der Waals surface area contributed by atoms with Crippen molar-refractivity contribution in [1.82, 2.24) is 0 Å². The molecule has 0 radical (unpaired) electrons. The van der Waals surface area contributed by atoms with Gasteiger partial charge in [-0.2, -0.15) is 0 Å². The number of sulfone groups is 1. The van der Waals surface area contributed by atoms with Crippen LogP contribution >= 0.6 is 0 Å². The highest BCUT2D eigenvalue weighted by Gasteiger charge is 2.21. The standard InChI is InChI=1S/C13H21NO4S/c1-17-12-10(6-4-5-9-14)7-8-11(13(12)18-2)19(3,15)16/h7-8H,4-6,9,14H2,1-3H3. The number of hydrogen-bond acceptors (Lipinski definition) is 5. The number of nitrogens with two attached hydrogens (primary N) is 1. The molecule has 2 N–H and O–H groups in total. The molecule has 1 aromatic carbocycles. The Bertz CT molecular complexity index is 526. The van der Waals surface area contributed by atoms with Crippen LogP contribution in [0.15, 0.2) is 17.0 Å². The van der Waals surface area contributed by atoms with Crippen molar-refractivity contribution in [3.05, 3.63) is 17.7 Å². The van der Waals surface area contributed by atoms with Gasteiger partial charge in [-0.1, -0.05) is 6.07 Å². The second-order valence-corrected chi connectivity index (χ2v) is 6.29. The normalized spacial score (nSPS) is 11.4. The number of aryl methyl sites for hydroxylation is 1. The number of methoxy groups -OCH3 is 2. The van der Waals surface area contributed by atoms with Gasteiger partial charge in [-0.05, 0) is 37.4 Å². The first-order chi connectivity index (χ1) is 8.95. The molecule has 0 aliphatic carbocycles. The molecule has 5 nitrogen and oxygen atoms in total. The van der Waals surface area contributed by atoms with E-state index in [1.54, 1.807) is 12.1 Å². The van der Waals surface area contributed by atoms with Crippen LogP contribution in [0.3, 0.4) is 0 Å². The monoisotopic (exact) mass is 287 g/mol. The van der Waals surface area contributed by atoms with Crippen LogP contribution < -0.4 is 15.2 Å². The van der Waals surface area contributed by atoms with E-state index >= 15 is 0 Å². The molecule has 0 spiro atoms. The van der Waals surface area contributed by atoms with Gasteiger partial charge in [0.15, 0.2) is 21.3 Å². The Morgan fingerprint density at radius 3 is 2.21 bits per heavy atom. The van der Waals surface area contributed by atoms with E-state index in [9.17, 15) is 8.42 Å². The molecule has 0 bridgehead atoms. The summed E-state index contributed by atoms with van der Waals surface area (Å²) in [5.41, 5.74) is 6.40. The highest BCUT2D eigenvalue weighted by molar-refractivity contribution is 7.90. The zero-order valence-electron chi connectivity index (χ0n) is 11.6. The fourth-order valence-electron chi connectivity index (χ4n) is 1.95. The zero-order valence-corrected chi connectivity index (χ0v) is 12.4. The first-order valence-electron chi connectivity index (χ1n) is 6.09. The Morgan fingerprint density at radius 1 is 1.11 bits per heavy atom. The first-order valence-corrected chi connectivity index (χ1v) is 7.98. The zero-order chi connectivity index (χ0) is 14.5. The van der Waals surface area contributed by atoms with Gasteiger partial charge in [0.25, 0.3) is 0 Å². The van der Waals surface area contributed by atoms with Crippen LogP contribution in [0.25, 0.3) is 0 Å². The minimum absolute atomic E-state index is 0.148. The Hall–Kier alpha value is -1.27. The molecule has 0 saturated carbocycles. The summed E-state index contributed by atoms with van der Waals surface area (Å²) in [7, 11) is -0.394. The van der Waals surface area contributed by atoms with Crippen molar-refractivity contribution in [3.8, 4) is 11.5 Å². The summed E-state index contributed by atoms with van der Waals surface area (Å²) in [4.78, 5) is 0.148. The molecular formula is C13H21NO4S. The highest BCUT2D eigenvalue weighted by atomic mass is 32.2. The Morgan fingerprint density at radius 2 is 1.74 bits per heavy atom. The third kappa shape index (κ3) is 3.84. The van der Waals surface area contributed by atoms with Gasteiger partial charge in [0.1, 0.15) is 4.90 Å². The number of unbranched alkanes of at least 4 members (excludes halogenated alkanes) is 1. The lowest BCUT2D eigenvalue weighted by molar-refractivity contribution is 0.343. The lowest BCUT2D eigenvalue weighted by Crippen LogP contribution is -2.05. The van der Waals surface area contributed by atoms with Crippen LogP contribution in [0.4, 0.5) is 0 Å². The molecule has 6 heteroatoms. The van der Waals surface area contributed by atoms with Crippen molar-refractivity contribution in [1.29, 1.82) is 0 Å². The average Bonchev–Trinajstić information content (AvgIpc) is 2.36. The van der Waals surface area contributed by atoms with E-state index in [0.717, 1.165) is 31.1 Å². The van der Waals surface area contributed by atoms with Gasteiger partial charge in [0.05, 0.1) is 14.2 Å². The molecule has 0 aliphatic heterocycles. The Balaban J connectivity index is 3.23. The van der Waals surface area contributed by atoms with Crippen LogP contribution in [0.2, 0.25) is 0 Å². The molecule has 0 saturated heterocycles. The minimum atomic E-state index is -3.35. The van der Waals surface area contributed by atoms with Crippen molar-refractivity contribution >= 4 is 9.84 Å². The second kappa shape index (κ2) is 6.77. The van der Waals surface area contributed by atoms with Crippen molar-refractivity contribution < 1.29 is 17.9 Å². The number of hydrogen-bond donors (Lipinski definition) is 1. The van der Waals surface area contributed by atoms with Gasteiger partial charge in [-0.25, -0.2) is 8.42 Å². The van der Waals surface area contributed by atoms with Crippen molar-refractivity contribution in [2.45, 2.75) is 24.2 Å². The fourth-order valence-corrected chi connectivity index (χ4v) is 2.78. The van der Waals surface area contributed by atoms with Gasteiger partial charge in [-0.3, -0.25) is 0 Å². The fraction of sp³-hybridized carbons (Fsp3) is 0.538. The average molecular weight is 287 g/mol. The van der Waals surface area contributed by atoms with Gasteiger partial charge >= 0.3 is 0 Å². The molecule has 0 atom stereocenters. The molecule has 0 aliphatic rings. The lowest BCUT2D eigenvalue weighted by atomic mass is 10.1. The molecule has 0 fully saturated rings. The number of rotatable bonds is 7. The van der Waals surface area contributed by atoms with Crippen molar-refractivity contribution in [2.24, 2.45) is 5.73 Å². The summed E-state index contributed by atoms with van der Waals surface area (Å²) in [5.74, 6) is 0.762. The maximum absolute atomic E-state index is 11.7. The highest BCUT2D eigenvalue weighted by Crippen LogP contribution is 2.37. The molecule has 1 rings (SSSR count). The summed E-state index contributed by atoms with van der Waals surface area (Å²) in [6.45, 7) is 0.640. The van der Waals surface area contributed by atoms with E-state index in [4.69, 9.17) is 15.2 Å². The van der Waals surface area contributed by atoms with Crippen molar-refractivity contribution in [2.75, 3.05) is 27.0 Å². The number of ether oxygens (including phenoxy) is 2. The smallest absolute Gasteiger partial charge is 0.179 e. The first kappa shape index (κ1) is 15.8. The quantitative estimate of drug-likeness (QED) is 0.767. The SMILES string of the molecule is COc1c(CCCCN)ccc(S(C)(=O)=O)c1OC. The summed E-state index contributed by atoms with van der Waals surface area (Å²) in [6.07, 6.45) is 3.77. The largest absolute Gasteiger partial charge is 0.493 e. The Kier molecular flexibility index (Phi) is 5.62. The topological polar surface area (TPSA) is 78.6 Å². The van der Waals surface area contributed by atoms with Crippen LogP contribution in [-0.2, 0) is 16.3 Å². The van der Waals surface area contributed by atoms with E-state index in [1.807, 2.05) is 0 Å². The van der Waals surface area contributed by atoms with E-state index in [-0.39, 0.29) is 10.6 Å². The molecule has 19 heavy (non-hydrogen) atoms. The lowest BCUT2D eigenvalue weighted by Gasteiger charge is -2.15. The van der Waals surface area contributed by atoms with E-state index in [1.165, 1.54) is 14.2 Å². The minimum Gasteiger partial charge on any atom is -0.493 e. The third-order valence-corrected chi connectivity index (χ3v) is 3.99. The summed E-state index contributed by atoms with van der Waals surface area (Å²) < 4.78 is 33.9. The predicted molar refractivity (Wildman–Crippen MR) is 74.6 cm³/mol. The van der Waals surface area contributed by atoms with E-state index in [2.05, 4.69) is 0 Å². The Labute approximate surface area is 114 Å². The number of benzene rings is 1. The molecular weight excluding hydrogens is 266 g/mol. The maximum atomic E-state index is 11.7. The summed E-state index contributed by atoms with van der Waals surface area (Å²) in [6, 6.07) is 3.34. The second-order valence-electron chi connectivity index (χ2n) is 4.31. The molecule has 0 amide bonds. The van der Waals surface area contributed by atoms with E-state index in [0.29, 0.717) is 12.3 Å². The summed E-state index contributed by atoms with van der Waals surface area (Å²) >= 11 is 0. The predicted octanol–water partition coefficient (Wildman–Crippen LogP) is 1.39. The molecule has 108 valence electrons. The van der Waals surface area contributed by atoms with Gasteiger partial charge in [0, 0.05) is 6.26 Å². The van der Waals surface area contributed by atoms with E-state index < -0.39 is 9.84 Å². The van der Waals surface area contributed by atoms with Gasteiger partial charge in [0.2, 0.25) is 0 Å². The van der Waals surface area contributed by atoms with Crippen molar-refractivity contribution in [3.63, 3.8) is 0 Å². The van der Waals surface area contributed by atoms with Crippen LogP contribution in [0.5, 0.6) is 11.5 Å². The third-order valence-electron chi connectivity index (χ3n) is 2.87. The maximum Gasteiger partial charge on any atom is 0.179 e. The molecule has 0 unspecified atom stereocenters. The van der Waals surface area contributed by atoms with Crippen LogP contribution in [0.1, 0.15) is 18.4 Å². The van der Waals surface area contributed by atoms with Crippen LogP contribution in [0, 0.1) is 0 Å². The molecule has 0 aromatic heterocycles. The van der Waals surface area contributed by atoms with Gasteiger partial charge in [-0.15, -0.1) is 0 Å². The molecule has 0 heterocycles. The van der Waals surface area contributed by atoms with Crippen LogP contribution in [-0.4, -0.2) is 35.4 Å². The molecule has 1 aromatic rings. The summed E-state index contributed by atoms with van der Waals surface area (Å²) in [5, 5.41) is 0. The van der Waals surface area contributed by atoms with Gasteiger partial charge < -0.3 is 15.2 Å².